The van der Waals surface area contributed by atoms with E-state index in [2.05, 4.69) is 9.97 Å². The molecule has 80 valence electrons. The number of aromatic amines is 1. The van der Waals surface area contributed by atoms with Gasteiger partial charge in [0, 0.05) is 18.7 Å². The molecule has 0 bridgehead atoms. The fourth-order valence-corrected chi connectivity index (χ4v) is 1.75. The van der Waals surface area contributed by atoms with Crippen LogP contribution >= 0.6 is 0 Å². The quantitative estimate of drug-likeness (QED) is 0.709. The highest BCUT2D eigenvalue weighted by Gasteiger charge is 2.20. The van der Waals surface area contributed by atoms with Crippen molar-refractivity contribution < 1.29 is 0 Å². The van der Waals surface area contributed by atoms with Gasteiger partial charge in [0.25, 0.3) is 5.56 Å². The Bertz CT molecular complexity index is 557. The van der Waals surface area contributed by atoms with Crippen molar-refractivity contribution in [2.24, 2.45) is 7.05 Å². The fraction of sp³-hybridized carbons (Fsp3) is 0.455. The largest absolute Gasteiger partial charge is 0.355 e. The van der Waals surface area contributed by atoms with Gasteiger partial charge >= 0.3 is 0 Å². The average molecular weight is 205 g/mol. The van der Waals surface area contributed by atoms with E-state index in [1.165, 1.54) is 0 Å². The van der Waals surface area contributed by atoms with Gasteiger partial charge in [0.05, 0.1) is 5.52 Å². The lowest BCUT2D eigenvalue weighted by Crippen LogP contribution is -2.29. The lowest BCUT2D eigenvalue weighted by atomic mass is 9.95. The highest BCUT2D eigenvalue weighted by molar-refractivity contribution is 5.73. The summed E-state index contributed by atoms with van der Waals surface area (Å²) >= 11 is 0. The molecule has 0 aliphatic heterocycles. The molecule has 0 unspecified atom stereocenters. The maximum atomic E-state index is 11.9. The fourth-order valence-electron chi connectivity index (χ4n) is 1.75. The summed E-state index contributed by atoms with van der Waals surface area (Å²) in [5.74, 6) is 0.805. The van der Waals surface area contributed by atoms with Gasteiger partial charge in [0.1, 0.15) is 11.3 Å². The number of nitrogens with one attached hydrogen (secondary N) is 1. The van der Waals surface area contributed by atoms with Gasteiger partial charge in [-0.05, 0) is 6.07 Å². The molecule has 0 fully saturated rings. The average Bonchev–Trinajstić information content (AvgIpc) is 2.57. The molecule has 0 saturated carbocycles. The molecule has 0 aromatic carbocycles. The number of H-pyrrole nitrogens is 1. The van der Waals surface area contributed by atoms with Gasteiger partial charge in [-0.3, -0.25) is 9.36 Å². The molecule has 0 atom stereocenters. The maximum Gasteiger partial charge on any atom is 0.277 e. The van der Waals surface area contributed by atoms with E-state index in [9.17, 15) is 4.79 Å². The van der Waals surface area contributed by atoms with Gasteiger partial charge in [-0.15, -0.1) is 0 Å². The highest BCUT2D eigenvalue weighted by atomic mass is 16.1. The van der Waals surface area contributed by atoms with Gasteiger partial charge in [-0.25, -0.2) is 4.98 Å². The van der Waals surface area contributed by atoms with Crippen LogP contribution in [-0.4, -0.2) is 14.5 Å². The molecule has 0 spiro atoms. The summed E-state index contributed by atoms with van der Waals surface area (Å²) in [6, 6.07) is 1.83. The number of nitrogens with zero attached hydrogens (tertiary/aromatic N) is 2. The van der Waals surface area contributed by atoms with Crippen molar-refractivity contribution in [1.82, 2.24) is 14.5 Å². The third kappa shape index (κ3) is 1.46. The third-order valence-electron chi connectivity index (χ3n) is 2.46. The zero-order valence-corrected chi connectivity index (χ0v) is 9.46. The molecule has 0 saturated heterocycles. The van der Waals surface area contributed by atoms with Gasteiger partial charge in [0.15, 0.2) is 0 Å². The van der Waals surface area contributed by atoms with E-state index < -0.39 is 0 Å². The van der Waals surface area contributed by atoms with E-state index >= 15 is 0 Å². The SMILES string of the molecule is Cn1c(C(C)(C)C)nc2cc[nH]c2c1=O. The molecule has 0 aliphatic rings. The first-order chi connectivity index (χ1) is 6.91. The molecule has 4 nitrogen and oxygen atoms in total. The summed E-state index contributed by atoms with van der Waals surface area (Å²) < 4.78 is 1.61. The molecule has 0 aliphatic carbocycles. The molecule has 2 aromatic rings. The Morgan fingerprint density at radius 2 is 2.07 bits per heavy atom. The van der Waals surface area contributed by atoms with E-state index in [1.54, 1.807) is 17.8 Å². The second-order valence-electron chi connectivity index (χ2n) is 4.79. The van der Waals surface area contributed by atoms with Crippen molar-refractivity contribution in [3.8, 4) is 0 Å². The number of fused-ring (bicyclic) bond motifs is 1. The minimum atomic E-state index is -0.126. The summed E-state index contributed by atoms with van der Waals surface area (Å²) in [6.07, 6.45) is 1.74. The third-order valence-corrected chi connectivity index (χ3v) is 2.46. The molecular weight excluding hydrogens is 190 g/mol. The zero-order valence-electron chi connectivity index (χ0n) is 9.46. The number of aromatic nitrogens is 3. The zero-order chi connectivity index (χ0) is 11.2. The van der Waals surface area contributed by atoms with Gasteiger partial charge in [0.2, 0.25) is 0 Å². The van der Waals surface area contributed by atoms with Crippen LogP contribution in [0.4, 0.5) is 0 Å². The van der Waals surface area contributed by atoms with Crippen LogP contribution in [0.1, 0.15) is 26.6 Å². The van der Waals surface area contributed by atoms with Crippen LogP contribution in [0, 0.1) is 0 Å². The summed E-state index contributed by atoms with van der Waals surface area (Å²) in [7, 11) is 1.76. The maximum absolute atomic E-state index is 11.9. The molecule has 2 rings (SSSR count). The first-order valence-corrected chi connectivity index (χ1v) is 4.96. The van der Waals surface area contributed by atoms with Crippen LogP contribution in [-0.2, 0) is 12.5 Å². The van der Waals surface area contributed by atoms with E-state index in [1.807, 2.05) is 26.8 Å². The Kier molecular flexibility index (Phi) is 1.96. The van der Waals surface area contributed by atoms with Gasteiger partial charge < -0.3 is 4.98 Å². The monoisotopic (exact) mass is 205 g/mol. The molecule has 2 aromatic heterocycles. The van der Waals surface area contributed by atoms with Crippen LogP contribution in [0.25, 0.3) is 11.0 Å². The number of rotatable bonds is 0. The Labute approximate surface area is 88.0 Å². The Balaban J connectivity index is 2.88. The van der Waals surface area contributed by atoms with E-state index in [0.717, 1.165) is 11.3 Å². The van der Waals surface area contributed by atoms with Crippen LogP contribution in [0.5, 0.6) is 0 Å². The molecule has 15 heavy (non-hydrogen) atoms. The molecule has 4 heteroatoms. The molecular formula is C11H15N3O. The van der Waals surface area contributed by atoms with Crippen LogP contribution in [0.2, 0.25) is 0 Å². The van der Waals surface area contributed by atoms with Crippen LogP contribution in [0.15, 0.2) is 17.1 Å². The Morgan fingerprint density at radius 3 is 2.67 bits per heavy atom. The highest BCUT2D eigenvalue weighted by Crippen LogP contribution is 2.19. The first kappa shape index (κ1) is 9.96. The van der Waals surface area contributed by atoms with Crippen molar-refractivity contribution in [2.45, 2.75) is 26.2 Å². The first-order valence-electron chi connectivity index (χ1n) is 4.96. The van der Waals surface area contributed by atoms with Gasteiger partial charge in [-0.2, -0.15) is 0 Å². The van der Waals surface area contributed by atoms with Crippen LogP contribution in [0.3, 0.4) is 0 Å². The van der Waals surface area contributed by atoms with E-state index in [4.69, 9.17) is 0 Å². The lowest BCUT2D eigenvalue weighted by Gasteiger charge is -2.20. The van der Waals surface area contributed by atoms with Crippen molar-refractivity contribution in [1.29, 1.82) is 0 Å². The minimum Gasteiger partial charge on any atom is -0.355 e. The molecule has 2 heterocycles. The van der Waals surface area contributed by atoms with Crippen molar-refractivity contribution in [3.63, 3.8) is 0 Å². The standard InChI is InChI=1S/C11H15N3O/c1-11(2,3)10-13-7-5-6-12-8(7)9(15)14(10)4/h5-6,12H,1-4H3. The summed E-state index contributed by atoms with van der Waals surface area (Å²) in [4.78, 5) is 19.4. The van der Waals surface area contributed by atoms with Crippen molar-refractivity contribution in [3.05, 3.63) is 28.4 Å². The normalized spacial score (nSPS) is 12.3. The summed E-state index contributed by atoms with van der Waals surface area (Å²) in [5.41, 5.74) is 1.17. The topological polar surface area (TPSA) is 50.7 Å². The predicted molar refractivity (Wildman–Crippen MR) is 60.0 cm³/mol. The smallest absolute Gasteiger partial charge is 0.277 e. The van der Waals surface area contributed by atoms with E-state index in [-0.39, 0.29) is 11.0 Å². The van der Waals surface area contributed by atoms with Gasteiger partial charge in [-0.1, -0.05) is 20.8 Å². The minimum absolute atomic E-state index is 0.0186. The molecule has 0 amide bonds. The number of hydrogen-bond acceptors (Lipinski definition) is 2. The summed E-state index contributed by atoms with van der Waals surface area (Å²) in [6.45, 7) is 6.15. The predicted octanol–water partition coefficient (Wildman–Crippen LogP) is 1.56. The number of hydrogen-bond donors (Lipinski definition) is 1. The lowest BCUT2D eigenvalue weighted by molar-refractivity contribution is 0.509. The van der Waals surface area contributed by atoms with E-state index in [0.29, 0.717) is 5.52 Å². The Hall–Kier alpha value is -1.58. The van der Waals surface area contributed by atoms with Crippen molar-refractivity contribution in [2.75, 3.05) is 0 Å². The second-order valence-corrected chi connectivity index (χ2v) is 4.79. The molecule has 1 N–H and O–H groups in total. The molecule has 0 radical (unpaired) electrons. The second kappa shape index (κ2) is 2.95. The summed E-state index contributed by atoms with van der Waals surface area (Å²) in [5, 5.41) is 0. The Morgan fingerprint density at radius 1 is 1.40 bits per heavy atom. The van der Waals surface area contributed by atoms with Crippen molar-refractivity contribution >= 4 is 11.0 Å². The van der Waals surface area contributed by atoms with Crippen LogP contribution < -0.4 is 5.56 Å².